The Hall–Kier alpha value is -2.16. The second kappa shape index (κ2) is 12.0. The Kier molecular flexibility index (Phi) is 10.4. The van der Waals surface area contributed by atoms with Crippen molar-refractivity contribution in [2.24, 2.45) is 23.5 Å². The van der Waals surface area contributed by atoms with E-state index in [-0.39, 0.29) is 29.6 Å². The van der Waals surface area contributed by atoms with Gasteiger partial charge in [0.05, 0.1) is 6.04 Å². The quantitative estimate of drug-likeness (QED) is 0.379. The number of aliphatic carboxylic acids is 1. The van der Waals surface area contributed by atoms with Crippen LogP contribution >= 0.6 is 0 Å². The van der Waals surface area contributed by atoms with E-state index in [1.165, 1.54) is 4.90 Å². The molecule has 1 rings (SSSR count). The third kappa shape index (κ3) is 8.12. The largest absolute Gasteiger partial charge is 0.480 e. The van der Waals surface area contributed by atoms with Gasteiger partial charge in [0.2, 0.25) is 17.7 Å². The molecule has 0 aromatic rings. The molecular weight excluding hydrogens is 400 g/mol. The number of likely N-dealkylation sites (tertiary alicyclic amines) is 1. The van der Waals surface area contributed by atoms with Crippen LogP contribution in [0.1, 0.15) is 67.2 Å². The normalized spacial score (nSPS) is 19.4. The third-order valence-corrected chi connectivity index (χ3v) is 5.45. The molecule has 0 radical (unpaired) electrons. The topological polar surface area (TPSA) is 142 Å². The Morgan fingerprint density at radius 1 is 1.00 bits per heavy atom. The van der Waals surface area contributed by atoms with Gasteiger partial charge >= 0.3 is 5.97 Å². The maximum atomic E-state index is 13.3. The van der Waals surface area contributed by atoms with Gasteiger partial charge in [0.25, 0.3) is 0 Å². The molecule has 1 heterocycles. The maximum absolute atomic E-state index is 13.3. The van der Waals surface area contributed by atoms with Crippen molar-refractivity contribution in [3.8, 4) is 0 Å². The van der Waals surface area contributed by atoms with Crippen molar-refractivity contribution in [2.45, 2.75) is 91.4 Å². The maximum Gasteiger partial charge on any atom is 0.326 e. The average Bonchev–Trinajstić information content (AvgIpc) is 3.13. The molecule has 0 aromatic heterocycles. The number of rotatable bonds is 11. The van der Waals surface area contributed by atoms with Gasteiger partial charge in [0, 0.05) is 6.54 Å². The summed E-state index contributed by atoms with van der Waals surface area (Å²) in [5.41, 5.74) is 5.96. The molecule has 0 saturated carbocycles. The number of hydrogen-bond donors (Lipinski definition) is 4. The fraction of sp³-hybridized carbons (Fsp3) is 0.818. The van der Waals surface area contributed by atoms with Crippen molar-refractivity contribution >= 4 is 23.7 Å². The van der Waals surface area contributed by atoms with Crippen LogP contribution in [-0.2, 0) is 19.2 Å². The lowest BCUT2D eigenvalue weighted by Gasteiger charge is -2.31. The molecule has 0 bridgehead atoms. The molecule has 1 saturated heterocycles. The van der Waals surface area contributed by atoms with Crippen LogP contribution in [0.5, 0.6) is 0 Å². The summed E-state index contributed by atoms with van der Waals surface area (Å²) >= 11 is 0. The van der Waals surface area contributed by atoms with Crippen molar-refractivity contribution in [3.05, 3.63) is 0 Å². The van der Waals surface area contributed by atoms with Gasteiger partial charge < -0.3 is 26.4 Å². The molecule has 5 N–H and O–H groups in total. The minimum Gasteiger partial charge on any atom is -0.480 e. The first-order valence-corrected chi connectivity index (χ1v) is 11.2. The smallest absolute Gasteiger partial charge is 0.326 e. The average molecular weight is 441 g/mol. The van der Waals surface area contributed by atoms with Crippen LogP contribution in [0.2, 0.25) is 0 Å². The minimum absolute atomic E-state index is 0.0956. The van der Waals surface area contributed by atoms with Gasteiger partial charge in [-0.25, -0.2) is 4.79 Å². The van der Waals surface area contributed by atoms with Gasteiger partial charge in [-0.05, 0) is 43.4 Å². The van der Waals surface area contributed by atoms with Gasteiger partial charge in [-0.15, -0.1) is 0 Å². The SMILES string of the molecule is CC(C)CC(N)C(=O)NC(C(=O)N1CCCC1C(=O)NC(CC(C)C)C(=O)O)C(C)C. The summed E-state index contributed by atoms with van der Waals surface area (Å²) in [4.78, 5) is 51.5. The molecule has 9 heteroatoms. The van der Waals surface area contributed by atoms with Crippen molar-refractivity contribution in [2.75, 3.05) is 6.54 Å². The second-order valence-electron chi connectivity index (χ2n) is 9.68. The van der Waals surface area contributed by atoms with Crippen LogP contribution in [0, 0.1) is 17.8 Å². The van der Waals surface area contributed by atoms with E-state index in [0.29, 0.717) is 32.2 Å². The van der Waals surface area contributed by atoms with E-state index in [9.17, 15) is 24.3 Å². The number of nitrogens with one attached hydrogen (secondary N) is 2. The Labute approximate surface area is 185 Å². The van der Waals surface area contributed by atoms with Gasteiger partial charge in [-0.1, -0.05) is 41.5 Å². The van der Waals surface area contributed by atoms with Crippen molar-refractivity contribution in [1.29, 1.82) is 0 Å². The molecule has 1 fully saturated rings. The monoisotopic (exact) mass is 440 g/mol. The first-order chi connectivity index (χ1) is 14.3. The summed E-state index contributed by atoms with van der Waals surface area (Å²) in [6, 6.07) is -3.26. The third-order valence-electron chi connectivity index (χ3n) is 5.45. The second-order valence-corrected chi connectivity index (χ2v) is 9.68. The Balaban J connectivity index is 2.91. The number of carbonyl (C=O) groups excluding carboxylic acids is 3. The number of carboxylic acid groups (broad SMARTS) is 1. The highest BCUT2D eigenvalue weighted by Crippen LogP contribution is 2.21. The molecule has 178 valence electrons. The molecule has 1 aliphatic heterocycles. The highest BCUT2D eigenvalue weighted by Gasteiger charge is 2.40. The van der Waals surface area contributed by atoms with E-state index in [2.05, 4.69) is 10.6 Å². The number of amides is 3. The van der Waals surface area contributed by atoms with E-state index in [0.717, 1.165) is 0 Å². The fourth-order valence-electron chi connectivity index (χ4n) is 3.83. The summed E-state index contributed by atoms with van der Waals surface area (Å²) < 4.78 is 0. The molecule has 9 nitrogen and oxygen atoms in total. The van der Waals surface area contributed by atoms with Gasteiger partial charge in [0.15, 0.2) is 0 Å². The number of hydrogen-bond acceptors (Lipinski definition) is 5. The van der Waals surface area contributed by atoms with Gasteiger partial charge in [-0.2, -0.15) is 0 Å². The Morgan fingerprint density at radius 3 is 2.06 bits per heavy atom. The molecule has 0 spiro atoms. The highest BCUT2D eigenvalue weighted by molar-refractivity contribution is 5.94. The lowest BCUT2D eigenvalue weighted by atomic mass is 9.99. The standard InChI is InChI=1S/C22H40N4O5/c1-12(2)10-15(23)19(27)25-18(14(5)6)21(29)26-9-7-8-17(26)20(28)24-16(22(30)31)11-13(3)4/h12-18H,7-11,23H2,1-6H3,(H,24,28)(H,25,27)(H,30,31). The van der Waals surface area contributed by atoms with Gasteiger partial charge in [0.1, 0.15) is 18.1 Å². The molecular formula is C22H40N4O5. The Morgan fingerprint density at radius 2 is 1.58 bits per heavy atom. The van der Waals surface area contributed by atoms with Crippen LogP contribution < -0.4 is 16.4 Å². The number of carbonyl (C=O) groups is 4. The molecule has 0 aliphatic carbocycles. The Bertz CT molecular complexity index is 650. The first kappa shape index (κ1) is 26.9. The molecule has 3 amide bonds. The minimum atomic E-state index is -1.09. The lowest BCUT2D eigenvalue weighted by molar-refractivity contribution is -0.145. The van der Waals surface area contributed by atoms with Crippen molar-refractivity contribution in [1.82, 2.24) is 15.5 Å². The molecule has 31 heavy (non-hydrogen) atoms. The van der Waals surface area contributed by atoms with Crippen LogP contribution in [0.3, 0.4) is 0 Å². The van der Waals surface area contributed by atoms with Gasteiger partial charge in [-0.3, -0.25) is 14.4 Å². The molecule has 4 atom stereocenters. The number of nitrogens with two attached hydrogens (primary N) is 1. The predicted octanol–water partition coefficient (Wildman–Crippen LogP) is 1.11. The summed E-state index contributed by atoms with van der Waals surface area (Å²) in [5.74, 6) is -2.14. The van der Waals surface area contributed by atoms with Crippen LogP contribution in [0.15, 0.2) is 0 Å². The first-order valence-electron chi connectivity index (χ1n) is 11.2. The summed E-state index contributed by atoms with van der Waals surface area (Å²) in [6.45, 7) is 11.7. The molecule has 4 unspecified atom stereocenters. The van der Waals surface area contributed by atoms with E-state index >= 15 is 0 Å². The van der Waals surface area contributed by atoms with E-state index in [4.69, 9.17) is 5.73 Å². The van der Waals surface area contributed by atoms with E-state index < -0.39 is 36.0 Å². The van der Waals surface area contributed by atoms with E-state index in [1.807, 2.05) is 41.5 Å². The highest BCUT2D eigenvalue weighted by atomic mass is 16.4. The van der Waals surface area contributed by atoms with Crippen LogP contribution in [-0.4, -0.2) is 64.4 Å². The van der Waals surface area contributed by atoms with Crippen molar-refractivity contribution in [3.63, 3.8) is 0 Å². The van der Waals surface area contributed by atoms with Crippen LogP contribution in [0.4, 0.5) is 0 Å². The predicted molar refractivity (Wildman–Crippen MR) is 118 cm³/mol. The number of nitrogens with zero attached hydrogens (tertiary/aromatic N) is 1. The molecule has 0 aromatic carbocycles. The van der Waals surface area contributed by atoms with E-state index in [1.54, 1.807) is 0 Å². The summed E-state index contributed by atoms with van der Waals surface area (Å²) in [6.07, 6.45) is 1.90. The molecule has 1 aliphatic rings. The zero-order valence-electron chi connectivity index (χ0n) is 19.7. The van der Waals surface area contributed by atoms with Crippen LogP contribution in [0.25, 0.3) is 0 Å². The fourth-order valence-corrected chi connectivity index (χ4v) is 3.83. The lowest BCUT2D eigenvalue weighted by Crippen LogP contribution is -2.58. The van der Waals surface area contributed by atoms with Crippen molar-refractivity contribution < 1.29 is 24.3 Å². The number of carboxylic acids is 1. The summed E-state index contributed by atoms with van der Waals surface area (Å²) in [5, 5.41) is 14.8. The summed E-state index contributed by atoms with van der Waals surface area (Å²) in [7, 11) is 0. The zero-order valence-corrected chi connectivity index (χ0v) is 19.7. The zero-order chi connectivity index (χ0) is 23.9.